The van der Waals surface area contributed by atoms with Crippen LogP contribution in [-0.2, 0) is 13.3 Å². The van der Waals surface area contributed by atoms with Gasteiger partial charge in [-0.3, -0.25) is 4.18 Å². The molecule has 0 saturated heterocycles. The van der Waals surface area contributed by atoms with Crippen LogP contribution in [0.25, 0.3) is 0 Å². The lowest BCUT2D eigenvalue weighted by Crippen LogP contribution is -2.23. The molecule has 0 spiro atoms. The van der Waals surface area contributed by atoms with Crippen LogP contribution in [0.3, 0.4) is 0 Å². The first-order valence-corrected chi connectivity index (χ1v) is 17.9. The van der Waals surface area contributed by atoms with Crippen LogP contribution in [0.1, 0.15) is 117 Å². The van der Waals surface area contributed by atoms with E-state index in [0.717, 1.165) is 47.6 Å². The number of hydrogen-bond donors (Lipinski definition) is 2. The van der Waals surface area contributed by atoms with E-state index in [-0.39, 0.29) is 6.61 Å². The van der Waals surface area contributed by atoms with E-state index in [1.54, 1.807) is 0 Å². The average molecular weight is 533 g/mol. The van der Waals surface area contributed by atoms with Crippen LogP contribution < -0.4 is 10.6 Å². The van der Waals surface area contributed by atoms with Crippen LogP contribution in [0.15, 0.2) is 0 Å². The quantitative estimate of drug-likeness (QED) is 0.131. The van der Waals surface area contributed by atoms with Crippen molar-refractivity contribution in [1.29, 1.82) is 0 Å². The third-order valence-corrected chi connectivity index (χ3v) is 11.3. The summed E-state index contributed by atoms with van der Waals surface area (Å²) in [7, 11) is -2.57. The van der Waals surface area contributed by atoms with Gasteiger partial charge < -0.3 is 10.6 Å². The number of unbranched alkanes of at least 4 members (excludes halogenated alkanes) is 2. The molecule has 2 saturated carbocycles. The Morgan fingerprint density at radius 2 is 1.11 bits per heavy atom. The van der Waals surface area contributed by atoms with E-state index in [1.807, 2.05) is 0 Å². The van der Waals surface area contributed by atoms with Crippen LogP contribution in [0.2, 0.25) is 0 Å². The van der Waals surface area contributed by atoms with Gasteiger partial charge in [-0.2, -0.15) is 8.42 Å². The van der Waals surface area contributed by atoms with Crippen molar-refractivity contribution in [3.05, 3.63) is 0 Å². The van der Waals surface area contributed by atoms with Crippen LogP contribution >= 0.6 is 10.8 Å². The summed E-state index contributed by atoms with van der Waals surface area (Å²) in [6.45, 7) is 8.12. The van der Waals surface area contributed by atoms with Gasteiger partial charge in [0.05, 0.1) is 6.61 Å². The molecule has 0 amide bonds. The maximum absolute atomic E-state index is 12.0. The summed E-state index contributed by atoms with van der Waals surface area (Å²) in [6.07, 6.45) is 21.8. The molecule has 0 atom stereocenters. The minimum atomic E-state index is -3.48. The van der Waals surface area contributed by atoms with Gasteiger partial charge in [-0.25, -0.2) is 0 Å². The summed E-state index contributed by atoms with van der Waals surface area (Å²) in [5, 5.41) is 6.71. The van der Waals surface area contributed by atoms with Gasteiger partial charge in [-0.15, -0.1) is 0 Å². The maximum Gasteiger partial charge on any atom is 0.322 e. The van der Waals surface area contributed by atoms with E-state index < -0.39 is 9.15 Å². The van der Waals surface area contributed by atoms with E-state index in [1.165, 1.54) is 103 Å². The van der Waals surface area contributed by atoms with Crippen molar-refractivity contribution in [1.82, 2.24) is 10.6 Å². The predicted octanol–water partition coefficient (Wildman–Crippen LogP) is 6.93. The number of rotatable bonds is 20. The number of nitrogens with one attached hydrogen (secondary N) is 2. The van der Waals surface area contributed by atoms with Crippen LogP contribution in [-0.4, -0.2) is 47.0 Å². The van der Waals surface area contributed by atoms with Crippen molar-refractivity contribution in [2.75, 3.05) is 38.5 Å². The monoisotopic (exact) mass is 532 g/mol. The molecule has 208 valence electrons. The van der Waals surface area contributed by atoms with Gasteiger partial charge in [0.25, 0.3) is 0 Å². The van der Waals surface area contributed by atoms with Crippen molar-refractivity contribution >= 4 is 19.9 Å². The third-order valence-electron chi connectivity index (χ3n) is 8.53. The molecule has 2 N–H and O–H groups in total. The maximum atomic E-state index is 12.0. The topological polar surface area (TPSA) is 67.4 Å². The standard InChI is InChI=1S/C28H56N2O3S2/c1-3-25-11-15-27(16-12-25)9-5-7-19-29-21-23-33-35(31,32)34-24-22-30-20-8-6-10-28-17-13-26(4-2)14-18-28/h25-30H,3-24H2,1-2H3. The fourth-order valence-electron chi connectivity index (χ4n) is 5.94. The number of hydrogen-bond acceptors (Lipinski definition) is 6. The van der Waals surface area contributed by atoms with Crippen LogP contribution in [0, 0.1) is 23.7 Å². The summed E-state index contributed by atoms with van der Waals surface area (Å²) in [5.41, 5.74) is 0. The molecule has 2 fully saturated rings. The van der Waals surface area contributed by atoms with Gasteiger partial charge in [0.2, 0.25) is 0 Å². The van der Waals surface area contributed by atoms with E-state index in [2.05, 4.69) is 24.5 Å². The zero-order chi connectivity index (χ0) is 25.2. The summed E-state index contributed by atoms with van der Waals surface area (Å²) >= 11 is 0. The molecule has 0 radical (unpaired) electrons. The zero-order valence-corrected chi connectivity index (χ0v) is 24.5. The van der Waals surface area contributed by atoms with Crippen LogP contribution in [0.5, 0.6) is 0 Å². The molecule has 35 heavy (non-hydrogen) atoms. The first kappa shape index (κ1) is 31.4. The molecule has 2 rings (SSSR count). The second-order valence-electron chi connectivity index (χ2n) is 11.1. The van der Waals surface area contributed by atoms with Crippen molar-refractivity contribution in [3.8, 4) is 0 Å². The van der Waals surface area contributed by atoms with Gasteiger partial charge in [-0.1, -0.05) is 104 Å². The fourth-order valence-corrected chi connectivity index (χ4v) is 8.00. The molecule has 0 aromatic heterocycles. The summed E-state index contributed by atoms with van der Waals surface area (Å²) in [4.78, 5) is 0. The summed E-state index contributed by atoms with van der Waals surface area (Å²) in [6, 6.07) is 0. The fraction of sp³-hybridized carbons (Fsp3) is 1.00. The van der Waals surface area contributed by atoms with Gasteiger partial charge in [0.15, 0.2) is 0 Å². The average Bonchev–Trinajstić information content (AvgIpc) is 2.87. The summed E-state index contributed by atoms with van der Waals surface area (Å²) in [5.74, 6) is 4.38. The Hall–Kier alpha value is 0.180. The van der Waals surface area contributed by atoms with Gasteiger partial charge in [0, 0.05) is 18.8 Å². The molecule has 0 aromatic carbocycles. The Labute approximate surface area is 221 Å². The van der Waals surface area contributed by atoms with E-state index in [9.17, 15) is 8.42 Å². The molecule has 0 heterocycles. The highest BCUT2D eigenvalue weighted by Gasteiger charge is 2.20. The molecule has 2 aliphatic rings. The lowest BCUT2D eigenvalue weighted by molar-refractivity contribution is 0.253. The molecule has 0 bridgehead atoms. The van der Waals surface area contributed by atoms with Crippen molar-refractivity contribution < 1.29 is 12.6 Å². The lowest BCUT2D eigenvalue weighted by Gasteiger charge is -2.27. The van der Waals surface area contributed by atoms with Crippen molar-refractivity contribution in [3.63, 3.8) is 0 Å². The first-order valence-electron chi connectivity index (χ1n) is 15.0. The SMILES string of the molecule is CCC1CCC(CCCCNCCOS(=O)(=O)SCCNCCCCC2CCC(CC)CC2)CC1. The molecule has 5 nitrogen and oxygen atoms in total. The molecular formula is C28H56N2O3S2. The Morgan fingerprint density at radius 1 is 0.657 bits per heavy atom. The second-order valence-corrected chi connectivity index (χ2v) is 14.8. The van der Waals surface area contributed by atoms with Crippen LogP contribution in [0.4, 0.5) is 0 Å². The van der Waals surface area contributed by atoms with Gasteiger partial charge >= 0.3 is 9.15 Å². The van der Waals surface area contributed by atoms with E-state index >= 15 is 0 Å². The smallest absolute Gasteiger partial charge is 0.316 e. The molecular weight excluding hydrogens is 476 g/mol. The highest BCUT2D eigenvalue weighted by molar-refractivity contribution is 8.70. The Bertz CT molecular complexity index is 555. The van der Waals surface area contributed by atoms with Gasteiger partial charge in [0.1, 0.15) is 0 Å². The third kappa shape index (κ3) is 15.2. The highest BCUT2D eigenvalue weighted by atomic mass is 33.1. The normalized spacial score (nSPS) is 25.7. The van der Waals surface area contributed by atoms with E-state index in [4.69, 9.17) is 4.18 Å². The van der Waals surface area contributed by atoms with E-state index in [0.29, 0.717) is 18.8 Å². The molecule has 0 unspecified atom stereocenters. The van der Waals surface area contributed by atoms with Crippen molar-refractivity contribution in [2.45, 2.75) is 117 Å². The van der Waals surface area contributed by atoms with Crippen molar-refractivity contribution in [2.24, 2.45) is 23.7 Å². The minimum Gasteiger partial charge on any atom is -0.316 e. The van der Waals surface area contributed by atoms with Gasteiger partial charge in [-0.05, 0) is 60.4 Å². The highest BCUT2D eigenvalue weighted by Crippen LogP contribution is 2.34. The summed E-state index contributed by atoms with van der Waals surface area (Å²) < 4.78 is 29.2. The predicted molar refractivity (Wildman–Crippen MR) is 152 cm³/mol. The second kappa shape index (κ2) is 19.3. The molecule has 7 heteroatoms. The lowest BCUT2D eigenvalue weighted by atomic mass is 9.79. The largest absolute Gasteiger partial charge is 0.322 e. The zero-order valence-electron chi connectivity index (χ0n) is 22.9. The molecule has 0 aliphatic heterocycles. The minimum absolute atomic E-state index is 0.226. The Balaban J connectivity index is 1.32. The first-order chi connectivity index (χ1) is 17.0. The Kier molecular flexibility index (Phi) is 17.3. The molecule has 2 aliphatic carbocycles. The Morgan fingerprint density at radius 3 is 1.60 bits per heavy atom. The molecule has 0 aromatic rings.